The van der Waals surface area contributed by atoms with E-state index in [0.29, 0.717) is 12.2 Å². The van der Waals surface area contributed by atoms with Crippen molar-refractivity contribution < 1.29 is 14.3 Å². The topological polar surface area (TPSA) is 77.4 Å². The normalized spacial score (nSPS) is 13.8. The lowest BCUT2D eigenvalue weighted by atomic mass is 9.95. The van der Waals surface area contributed by atoms with E-state index in [1.807, 2.05) is 17.6 Å². The molecule has 6 nitrogen and oxygen atoms in total. The van der Waals surface area contributed by atoms with Crippen molar-refractivity contribution in [1.82, 2.24) is 4.57 Å². The van der Waals surface area contributed by atoms with Gasteiger partial charge in [0.2, 0.25) is 0 Å². The van der Waals surface area contributed by atoms with Gasteiger partial charge in [-0.05, 0) is 61.8 Å². The summed E-state index contributed by atoms with van der Waals surface area (Å²) in [6, 6.07) is 6.98. The predicted octanol–water partition coefficient (Wildman–Crippen LogP) is 4.65. The quantitative estimate of drug-likeness (QED) is 0.560. The summed E-state index contributed by atoms with van der Waals surface area (Å²) in [6.07, 6.45) is 6.20. The number of para-hydroxylation sites is 1. The second kappa shape index (κ2) is 9.94. The van der Waals surface area contributed by atoms with Gasteiger partial charge in [0.1, 0.15) is 5.56 Å². The Balaban J connectivity index is 2.05. The number of anilines is 1. The van der Waals surface area contributed by atoms with E-state index in [4.69, 9.17) is 4.74 Å². The maximum absolute atomic E-state index is 13.4. The molecule has 0 saturated carbocycles. The first-order chi connectivity index (χ1) is 14.8. The van der Waals surface area contributed by atoms with Crippen LogP contribution >= 0.6 is 0 Å². The minimum atomic E-state index is -0.477. The van der Waals surface area contributed by atoms with E-state index in [1.165, 1.54) is 19.8 Å². The van der Waals surface area contributed by atoms with Gasteiger partial charge in [-0.3, -0.25) is 14.4 Å². The number of carbonyl (C=O) groups excluding carboxylic acids is 2. The average molecular weight is 425 g/mol. The van der Waals surface area contributed by atoms with Gasteiger partial charge in [0.05, 0.1) is 5.69 Å². The van der Waals surface area contributed by atoms with Crippen LogP contribution in [0.4, 0.5) is 5.69 Å². The van der Waals surface area contributed by atoms with Gasteiger partial charge < -0.3 is 14.6 Å². The summed E-state index contributed by atoms with van der Waals surface area (Å²) in [5.41, 5.74) is 3.21. The van der Waals surface area contributed by atoms with Crippen molar-refractivity contribution in [2.24, 2.45) is 5.92 Å². The van der Waals surface area contributed by atoms with Gasteiger partial charge in [0.15, 0.2) is 5.75 Å². The molecular formula is C25H32N2O4. The van der Waals surface area contributed by atoms with E-state index >= 15 is 0 Å². The summed E-state index contributed by atoms with van der Waals surface area (Å²) in [5.74, 6) is -0.386. The number of nitrogens with zero attached hydrogens (tertiary/aromatic N) is 1. The number of aryl methyl sites for hydroxylation is 2. The van der Waals surface area contributed by atoms with Crippen LogP contribution < -0.4 is 15.6 Å². The van der Waals surface area contributed by atoms with Crippen LogP contribution in [-0.4, -0.2) is 16.4 Å². The highest BCUT2D eigenvalue weighted by Gasteiger charge is 2.22. The molecule has 1 amide bonds. The Morgan fingerprint density at radius 3 is 2.52 bits per heavy atom. The third kappa shape index (κ3) is 5.43. The zero-order valence-corrected chi connectivity index (χ0v) is 18.9. The number of fused-ring (bicyclic) bond motifs is 1. The number of pyridine rings is 1. The molecule has 2 aromatic rings. The van der Waals surface area contributed by atoms with Gasteiger partial charge in [0, 0.05) is 19.2 Å². The number of benzene rings is 1. The molecule has 1 N–H and O–H groups in total. The largest absolute Gasteiger partial charge is 0.424 e. The first-order valence-corrected chi connectivity index (χ1v) is 11.1. The summed E-state index contributed by atoms with van der Waals surface area (Å²) < 4.78 is 7.06. The fraction of sp³-hybridized carbons (Fsp3) is 0.480. The van der Waals surface area contributed by atoms with E-state index in [1.54, 1.807) is 18.2 Å². The zero-order valence-electron chi connectivity index (χ0n) is 18.9. The maximum atomic E-state index is 13.4. The van der Waals surface area contributed by atoms with Gasteiger partial charge in [-0.1, -0.05) is 38.8 Å². The van der Waals surface area contributed by atoms with Crippen LogP contribution in [0.1, 0.15) is 73.6 Å². The summed E-state index contributed by atoms with van der Waals surface area (Å²) >= 11 is 0. The predicted molar refractivity (Wildman–Crippen MR) is 122 cm³/mol. The summed E-state index contributed by atoms with van der Waals surface area (Å²) in [5, 5.41) is 2.83. The van der Waals surface area contributed by atoms with Gasteiger partial charge in [0.25, 0.3) is 11.5 Å². The maximum Gasteiger partial charge on any atom is 0.308 e. The van der Waals surface area contributed by atoms with Gasteiger partial charge >= 0.3 is 5.97 Å². The Morgan fingerprint density at radius 2 is 1.84 bits per heavy atom. The number of hydrogen-bond acceptors (Lipinski definition) is 4. The van der Waals surface area contributed by atoms with Crippen LogP contribution in [-0.2, 0) is 24.2 Å². The molecule has 1 aliphatic rings. The van der Waals surface area contributed by atoms with Gasteiger partial charge in [-0.25, -0.2) is 0 Å². The first kappa shape index (κ1) is 22.8. The number of nitrogens with one attached hydrogen (secondary N) is 1. The Bertz CT molecular complexity index is 1040. The molecule has 166 valence electrons. The lowest BCUT2D eigenvalue weighted by Gasteiger charge is -2.22. The second-order valence-electron chi connectivity index (χ2n) is 8.75. The van der Waals surface area contributed by atoms with Crippen molar-refractivity contribution in [1.29, 1.82) is 0 Å². The van der Waals surface area contributed by atoms with Crippen molar-refractivity contribution in [2.75, 3.05) is 5.32 Å². The number of aromatic nitrogens is 1. The van der Waals surface area contributed by atoms with E-state index < -0.39 is 11.9 Å². The molecule has 0 unspecified atom stereocenters. The molecule has 1 aliphatic carbocycles. The summed E-state index contributed by atoms with van der Waals surface area (Å²) in [7, 11) is 0. The van der Waals surface area contributed by atoms with E-state index in [0.717, 1.165) is 42.5 Å². The number of rotatable bonds is 5. The third-order valence-corrected chi connectivity index (χ3v) is 5.62. The minimum Gasteiger partial charge on any atom is -0.424 e. The van der Waals surface area contributed by atoms with Crippen LogP contribution in [0, 0.1) is 12.8 Å². The standard InChI is InChI=1S/C25H32N2O4/c1-16(2)15-27-21-12-8-6-5-7-11-19(21)14-20(25(27)30)24(29)26-23-17(3)10-9-13-22(23)31-18(4)28/h9-10,13-14,16H,5-8,11-12,15H2,1-4H3,(H,26,29). The number of carbonyl (C=O) groups is 2. The van der Waals surface area contributed by atoms with Crippen molar-refractivity contribution in [2.45, 2.75) is 72.8 Å². The fourth-order valence-electron chi connectivity index (χ4n) is 4.18. The molecule has 0 aliphatic heterocycles. The fourth-order valence-corrected chi connectivity index (χ4v) is 4.18. The van der Waals surface area contributed by atoms with Gasteiger partial charge in [-0.2, -0.15) is 0 Å². The minimum absolute atomic E-state index is 0.136. The number of hydrogen-bond donors (Lipinski definition) is 1. The molecule has 0 atom stereocenters. The van der Waals surface area contributed by atoms with Crippen LogP contribution in [0.25, 0.3) is 0 Å². The van der Waals surface area contributed by atoms with E-state index in [-0.39, 0.29) is 22.8 Å². The molecule has 0 spiro atoms. The molecule has 31 heavy (non-hydrogen) atoms. The Labute approximate surface area is 183 Å². The van der Waals surface area contributed by atoms with Crippen molar-refractivity contribution in [3.63, 3.8) is 0 Å². The van der Waals surface area contributed by atoms with Crippen molar-refractivity contribution in [3.8, 4) is 5.75 Å². The molecule has 1 aromatic heterocycles. The van der Waals surface area contributed by atoms with Gasteiger partial charge in [-0.15, -0.1) is 0 Å². The SMILES string of the molecule is CC(=O)Oc1cccc(C)c1NC(=O)c1cc2c(n(CC(C)C)c1=O)CCCCCC2. The number of amides is 1. The molecule has 1 heterocycles. The molecule has 3 rings (SSSR count). The number of ether oxygens (including phenoxy) is 1. The van der Waals surface area contributed by atoms with Crippen LogP contribution in [0.5, 0.6) is 5.75 Å². The molecule has 0 radical (unpaired) electrons. The van der Waals surface area contributed by atoms with Crippen LogP contribution in [0.15, 0.2) is 29.1 Å². The molecule has 0 saturated heterocycles. The average Bonchev–Trinajstić information content (AvgIpc) is 2.67. The Morgan fingerprint density at radius 1 is 1.13 bits per heavy atom. The van der Waals surface area contributed by atoms with E-state index in [9.17, 15) is 14.4 Å². The summed E-state index contributed by atoms with van der Waals surface area (Å²) in [4.78, 5) is 38.1. The first-order valence-electron chi connectivity index (χ1n) is 11.1. The number of esters is 1. The molecule has 0 bridgehead atoms. The smallest absolute Gasteiger partial charge is 0.308 e. The monoisotopic (exact) mass is 424 g/mol. The molecular weight excluding hydrogens is 392 g/mol. The Hall–Kier alpha value is -2.89. The lowest BCUT2D eigenvalue weighted by Crippen LogP contribution is -2.34. The highest BCUT2D eigenvalue weighted by atomic mass is 16.5. The second-order valence-corrected chi connectivity index (χ2v) is 8.75. The van der Waals surface area contributed by atoms with Crippen molar-refractivity contribution >= 4 is 17.6 Å². The third-order valence-electron chi connectivity index (χ3n) is 5.62. The highest BCUT2D eigenvalue weighted by Crippen LogP contribution is 2.29. The Kier molecular flexibility index (Phi) is 7.31. The van der Waals surface area contributed by atoms with Crippen LogP contribution in [0.2, 0.25) is 0 Å². The highest BCUT2D eigenvalue weighted by molar-refractivity contribution is 6.05. The van der Waals surface area contributed by atoms with Crippen LogP contribution in [0.3, 0.4) is 0 Å². The molecule has 1 aromatic carbocycles. The molecule has 0 fully saturated rings. The van der Waals surface area contributed by atoms with E-state index in [2.05, 4.69) is 19.2 Å². The summed E-state index contributed by atoms with van der Waals surface area (Å²) in [6.45, 7) is 7.87. The molecule has 6 heteroatoms. The zero-order chi connectivity index (χ0) is 22.5. The lowest BCUT2D eigenvalue weighted by molar-refractivity contribution is -0.131. The van der Waals surface area contributed by atoms with Crippen molar-refractivity contribution in [3.05, 3.63) is 57.0 Å².